The van der Waals surface area contributed by atoms with E-state index in [-0.39, 0.29) is 6.61 Å². The molecule has 0 aromatic heterocycles. The molecule has 0 bridgehead atoms. The highest BCUT2D eigenvalue weighted by atomic mass is 16.6. The van der Waals surface area contributed by atoms with E-state index >= 15 is 0 Å². The summed E-state index contributed by atoms with van der Waals surface area (Å²) in [7, 11) is 0. The molecule has 45 heavy (non-hydrogen) atoms. The number of carbonyl (C=O) groups excluding carboxylic acids is 3. The van der Waals surface area contributed by atoms with Crippen molar-refractivity contribution in [2.45, 2.75) is 76.7 Å². The SMILES string of the molecule is CCCCCC1CCC(c2ccc(C(=O)OC(COC(=O)c3ccc(OC(=O)C4=CC=CC4)cc3)c3ccccc3)cc2)CC1. The lowest BCUT2D eigenvalue weighted by molar-refractivity contribution is -0.130. The van der Waals surface area contributed by atoms with Crippen molar-refractivity contribution >= 4 is 17.9 Å². The highest BCUT2D eigenvalue weighted by molar-refractivity contribution is 5.92. The number of esters is 3. The van der Waals surface area contributed by atoms with E-state index in [2.05, 4.69) is 19.1 Å². The van der Waals surface area contributed by atoms with Crippen molar-refractivity contribution in [3.8, 4) is 5.75 Å². The Balaban J connectivity index is 1.15. The molecule has 5 rings (SSSR count). The average molecular weight is 607 g/mol. The molecule has 0 amide bonds. The molecule has 2 aliphatic rings. The fourth-order valence-electron chi connectivity index (χ4n) is 6.09. The van der Waals surface area contributed by atoms with E-state index in [9.17, 15) is 14.4 Å². The van der Waals surface area contributed by atoms with Crippen LogP contribution in [0.25, 0.3) is 0 Å². The molecule has 1 saturated carbocycles. The molecule has 6 nitrogen and oxygen atoms in total. The second kappa shape index (κ2) is 16.0. The maximum atomic E-state index is 13.2. The largest absolute Gasteiger partial charge is 0.458 e. The van der Waals surface area contributed by atoms with Crippen LogP contribution < -0.4 is 4.74 Å². The van der Waals surface area contributed by atoms with Gasteiger partial charge in [0, 0.05) is 5.57 Å². The van der Waals surface area contributed by atoms with Crippen molar-refractivity contribution in [2.24, 2.45) is 5.92 Å². The van der Waals surface area contributed by atoms with E-state index in [4.69, 9.17) is 14.2 Å². The predicted molar refractivity (Wildman–Crippen MR) is 174 cm³/mol. The van der Waals surface area contributed by atoms with Gasteiger partial charge in [-0.05, 0) is 91.5 Å². The van der Waals surface area contributed by atoms with Gasteiger partial charge in [0.1, 0.15) is 12.4 Å². The Morgan fingerprint density at radius 3 is 2.13 bits per heavy atom. The first-order valence-corrected chi connectivity index (χ1v) is 16.2. The predicted octanol–water partition coefficient (Wildman–Crippen LogP) is 9.09. The summed E-state index contributed by atoms with van der Waals surface area (Å²) in [6.45, 7) is 2.11. The molecular weight excluding hydrogens is 564 g/mol. The van der Waals surface area contributed by atoms with Crippen LogP contribution in [0.2, 0.25) is 0 Å². The number of carbonyl (C=O) groups is 3. The van der Waals surface area contributed by atoms with Gasteiger partial charge in [-0.3, -0.25) is 0 Å². The lowest BCUT2D eigenvalue weighted by atomic mass is 9.77. The van der Waals surface area contributed by atoms with Crippen molar-refractivity contribution in [1.82, 2.24) is 0 Å². The summed E-state index contributed by atoms with van der Waals surface area (Å²) < 4.78 is 16.8. The summed E-state index contributed by atoms with van der Waals surface area (Å²) in [4.78, 5) is 38.3. The highest BCUT2D eigenvalue weighted by Gasteiger charge is 2.24. The van der Waals surface area contributed by atoms with Crippen LogP contribution >= 0.6 is 0 Å². The van der Waals surface area contributed by atoms with Crippen LogP contribution in [0.3, 0.4) is 0 Å². The molecule has 0 N–H and O–H groups in total. The molecule has 6 heteroatoms. The Morgan fingerprint density at radius 1 is 0.778 bits per heavy atom. The van der Waals surface area contributed by atoms with Gasteiger partial charge in [0.2, 0.25) is 0 Å². The third kappa shape index (κ3) is 9.04. The van der Waals surface area contributed by atoms with Crippen LogP contribution in [0.15, 0.2) is 103 Å². The maximum Gasteiger partial charge on any atom is 0.339 e. The molecule has 3 aromatic carbocycles. The van der Waals surface area contributed by atoms with Crippen molar-refractivity contribution in [3.05, 3.63) is 125 Å². The number of unbranched alkanes of at least 4 members (excludes halogenated alkanes) is 2. The minimum absolute atomic E-state index is 0.147. The highest BCUT2D eigenvalue weighted by Crippen LogP contribution is 2.38. The van der Waals surface area contributed by atoms with Crippen LogP contribution in [-0.4, -0.2) is 24.5 Å². The Kier molecular flexibility index (Phi) is 11.4. The van der Waals surface area contributed by atoms with Gasteiger partial charge < -0.3 is 14.2 Å². The third-order valence-corrected chi connectivity index (χ3v) is 8.80. The Morgan fingerprint density at radius 2 is 1.47 bits per heavy atom. The summed E-state index contributed by atoms with van der Waals surface area (Å²) in [6, 6.07) is 23.2. The Hall–Kier alpha value is -4.45. The van der Waals surface area contributed by atoms with E-state index < -0.39 is 24.0 Å². The van der Waals surface area contributed by atoms with Crippen LogP contribution in [0.4, 0.5) is 0 Å². The number of hydrogen-bond donors (Lipinski definition) is 0. The lowest BCUT2D eigenvalue weighted by Crippen LogP contribution is -2.19. The molecule has 1 atom stereocenters. The number of benzene rings is 3. The van der Waals surface area contributed by atoms with Crippen molar-refractivity contribution in [2.75, 3.05) is 6.61 Å². The molecule has 0 spiro atoms. The van der Waals surface area contributed by atoms with Crippen molar-refractivity contribution < 1.29 is 28.6 Å². The van der Waals surface area contributed by atoms with Gasteiger partial charge in [-0.1, -0.05) is 93.3 Å². The van der Waals surface area contributed by atoms with E-state index in [1.54, 1.807) is 18.2 Å². The molecule has 234 valence electrons. The fraction of sp³-hybridized carbons (Fsp3) is 0.359. The van der Waals surface area contributed by atoms with Crippen LogP contribution in [0.1, 0.15) is 109 Å². The summed E-state index contributed by atoms with van der Waals surface area (Å²) in [5.41, 5.74) is 3.34. The molecule has 0 aliphatic heterocycles. The van der Waals surface area contributed by atoms with E-state index in [0.29, 0.717) is 34.8 Å². The van der Waals surface area contributed by atoms with Crippen LogP contribution in [0, 0.1) is 5.92 Å². The molecule has 0 heterocycles. The Labute approximate surface area is 266 Å². The van der Waals surface area contributed by atoms with Gasteiger partial charge in [-0.2, -0.15) is 0 Å². The lowest BCUT2D eigenvalue weighted by Gasteiger charge is -2.29. The summed E-state index contributed by atoms with van der Waals surface area (Å²) >= 11 is 0. The zero-order valence-corrected chi connectivity index (χ0v) is 26.0. The second-order valence-corrected chi connectivity index (χ2v) is 12.0. The van der Waals surface area contributed by atoms with Gasteiger partial charge in [0.15, 0.2) is 6.10 Å². The summed E-state index contributed by atoms with van der Waals surface area (Å²) in [5, 5.41) is 0. The van der Waals surface area contributed by atoms with Gasteiger partial charge in [-0.15, -0.1) is 0 Å². The zero-order valence-electron chi connectivity index (χ0n) is 26.0. The van der Waals surface area contributed by atoms with Crippen molar-refractivity contribution in [1.29, 1.82) is 0 Å². The van der Waals surface area contributed by atoms with Gasteiger partial charge >= 0.3 is 17.9 Å². The smallest absolute Gasteiger partial charge is 0.339 e. The molecule has 1 unspecified atom stereocenters. The van der Waals surface area contributed by atoms with E-state index in [1.807, 2.05) is 54.6 Å². The van der Waals surface area contributed by atoms with E-state index in [0.717, 1.165) is 11.5 Å². The van der Waals surface area contributed by atoms with Crippen LogP contribution in [0.5, 0.6) is 5.75 Å². The molecule has 0 saturated heterocycles. The Bertz CT molecular complexity index is 1480. The molecular formula is C39H42O6. The first kappa shape index (κ1) is 32.0. The molecule has 3 aromatic rings. The van der Waals surface area contributed by atoms with Gasteiger partial charge in [-0.25, -0.2) is 14.4 Å². The number of allylic oxidation sites excluding steroid dienone is 3. The summed E-state index contributed by atoms with van der Waals surface area (Å²) in [5.74, 6) is 0.269. The number of hydrogen-bond acceptors (Lipinski definition) is 6. The van der Waals surface area contributed by atoms with Crippen molar-refractivity contribution in [3.63, 3.8) is 0 Å². The zero-order chi connectivity index (χ0) is 31.4. The van der Waals surface area contributed by atoms with E-state index in [1.165, 1.54) is 69.1 Å². The minimum Gasteiger partial charge on any atom is -0.458 e. The number of rotatable bonds is 13. The average Bonchev–Trinajstić information content (AvgIpc) is 3.63. The quantitative estimate of drug-likeness (QED) is 0.110. The first-order chi connectivity index (χ1) is 22.0. The van der Waals surface area contributed by atoms with Gasteiger partial charge in [0.05, 0.1) is 11.1 Å². The summed E-state index contributed by atoms with van der Waals surface area (Å²) in [6.07, 6.45) is 15.4. The van der Waals surface area contributed by atoms with Gasteiger partial charge in [0.25, 0.3) is 0 Å². The third-order valence-electron chi connectivity index (χ3n) is 8.80. The topological polar surface area (TPSA) is 78.9 Å². The second-order valence-electron chi connectivity index (χ2n) is 12.0. The maximum absolute atomic E-state index is 13.2. The minimum atomic E-state index is -0.779. The molecule has 1 fully saturated rings. The monoisotopic (exact) mass is 606 g/mol. The number of ether oxygens (including phenoxy) is 3. The normalized spacial score (nSPS) is 18.1. The first-order valence-electron chi connectivity index (χ1n) is 16.2. The molecule has 2 aliphatic carbocycles. The van der Waals surface area contributed by atoms with Crippen LogP contribution in [-0.2, 0) is 14.3 Å². The standard InChI is InChI=1S/C39H42O6/c1-2-3-5-10-28-15-17-29(18-16-28)30-19-21-34(22-20-30)39(42)45-36(31-11-6-4-7-12-31)27-43-37(40)33-23-25-35(26-24-33)44-38(41)32-13-8-9-14-32/h4,6-9,11-13,19-26,28-29,36H,2-3,5,10,14-18,27H2,1H3. The fourth-order valence-corrected chi connectivity index (χ4v) is 6.09. The molecule has 0 radical (unpaired) electrons.